The van der Waals surface area contributed by atoms with Crippen LogP contribution < -0.4 is 5.32 Å². The van der Waals surface area contributed by atoms with E-state index in [-0.39, 0.29) is 30.5 Å². The molecule has 1 rings (SSSR count). The van der Waals surface area contributed by atoms with Gasteiger partial charge in [0.25, 0.3) is 0 Å². The Bertz CT molecular complexity index is 282. The van der Waals surface area contributed by atoms with Crippen LogP contribution in [0.15, 0.2) is 0 Å². The Hall–Kier alpha value is -0.330. The van der Waals surface area contributed by atoms with E-state index in [0.29, 0.717) is 6.54 Å². The van der Waals surface area contributed by atoms with Gasteiger partial charge in [0.2, 0.25) is 0 Å². The van der Waals surface area contributed by atoms with Crippen LogP contribution in [0.3, 0.4) is 0 Å². The lowest BCUT2D eigenvalue weighted by Crippen LogP contribution is -2.46. The summed E-state index contributed by atoms with van der Waals surface area (Å²) >= 11 is 0. The Kier molecular flexibility index (Phi) is 5.65. The topological polar surface area (TPSA) is 35.5 Å². The lowest BCUT2D eigenvalue weighted by Gasteiger charge is -2.33. The van der Waals surface area contributed by atoms with Gasteiger partial charge >= 0.3 is 6.18 Å². The number of halogens is 3. The lowest BCUT2D eigenvalue weighted by atomic mass is 9.85. The van der Waals surface area contributed by atoms with Crippen molar-refractivity contribution >= 4 is 0 Å². The molecule has 0 bridgehead atoms. The van der Waals surface area contributed by atoms with Crippen LogP contribution >= 0.6 is 0 Å². The SMILES string of the molecule is CNC1C(CN(CCO)CC(F)(F)F)CCC1(C)C. The first kappa shape index (κ1) is 16.7. The monoisotopic (exact) mass is 282 g/mol. The van der Waals surface area contributed by atoms with Crippen molar-refractivity contribution in [2.45, 2.75) is 38.9 Å². The normalized spacial score (nSPS) is 27.2. The van der Waals surface area contributed by atoms with Crippen molar-refractivity contribution in [1.82, 2.24) is 10.2 Å². The van der Waals surface area contributed by atoms with Crippen LogP contribution in [0.5, 0.6) is 0 Å². The van der Waals surface area contributed by atoms with Crippen LogP contribution in [0, 0.1) is 11.3 Å². The molecule has 0 spiro atoms. The minimum absolute atomic E-state index is 0.0763. The first-order valence-electron chi connectivity index (χ1n) is 6.77. The van der Waals surface area contributed by atoms with Crippen molar-refractivity contribution in [2.75, 3.05) is 33.3 Å². The molecule has 1 aliphatic rings. The molecule has 6 heteroatoms. The molecular weight excluding hydrogens is 257 g/mol. The highest BCUT2D eigenvalue weighted by molar-refractivity contribution is 4.96. The zero-order chi connectivity index (χ0) is 14.7. The van der Waals surface area contributed by atoms with Crippen molar-refractivity contribution in [3.05, 3.63) is 0 Å². The van der Waals surface area contributed by atoms with Gasteiger partial charge in [-0.1, -0.05) is 13.8 Å². The summed E-state index contributed by atoms with van der Waals surface area (Å²) in [6, 6.07) is 0.224. The van der Waals surface area contributed by atoms with Gasteiger partial charge < -0.3 is 10.4 Å². The van der Waals surface area contributed by atoms with Crippen LogP contribution in [0.1, 0.15) is 26.7 Å². The summed E-state index contributed by atoms with van der Waals surface area (Å²) in [6.45, 7) is 3.57. The number of nitrogens with zero attached hydrogens (tertiary/aromatic N) is 1. The summed E-state index contributed by atoms with van der Waals surface area (Å²) < 4.78 is 37.5. The van der Waals surface area contributed by atoms with Gasteiger partial charge in [0.15, 0.2) is 0 Å². The zero-order valence-corrected chi connectivity index (χ0v) is 11.9. The summed E-state index contributed by atoms with van der Waals surface area (Å²) in [5, 5.41) is 12.2. The molecule has 19 heavy (non-hydrogen) atoms. The first-order chi connectivity index (χ1) is 8.69. The Morgan fingerprint density at radius 2 is 2.00 bits per heavy atom. The van der Waals surface area contributed by atoms with Gasteiger partial charge in [0, 0.05) is 19.1 Å². The molecule has 0 heterocycles. The second-order valence-corrected chi connectivity index (χ2v) is 6.13. The van der Waals surface area contributed by atoms with Crippen molar-refractivity contribution < 1.29 is 18.3 Å². The van der Waals surface area contributed by atoms with E-state index in [0.717, 1.165) is 12.8 Å². The molecule has 0 aromatic rings. The minimum Gasteiger partial charge on any atom is -0.395 e. The lowest BCUT2D eigenvalue weighted by molar-refractivity contribution is -0.148. The fourth-order valence-electron chi connectivity index (χ4n) is 3.30. The maximum atomic E-state index is 12.5. The van der Waals surface area contributed by atoms with Crippen LogP contribution in [0.25, 0.3) is 0 Å². The van der Waals surface area contributed by atoms with E-state index in [4.69, 9.17) is 5.11 Å². The van der Waals surface area contributed by atoms with E-state index in [9.17, 15) is 13.2 Å². The largest absolute Gasteiger partial charge is 0.401 e. The van der Waals surface area contributed by atoms with Crippen LogP contribution in [-0.4, -0.2) is 55.5 Å². The maximum absolute atomic E-state index is 12.5. The molecule has 0 aliphatic heterocycles. The minimum atomic E-state index is -4.21. The molecular formula is C13H25F3N2O. The Labute approximate surface area is 113 Å². The van der Waals surface area contributed by atoms with Crippen LogP contribution in [0.2, 0.25) is 0 Å². The van der Waals surface area contributed by atoms with E-state index in [1.54, 1.807) is 0 Å². The number of aliphatic hydroxyl groups excluding tert-OH is 1. The Balaban J connectivity index is 2.64. The van der Waals surface area contributed by atoms with Crippen molar-refractivity contribution in [3.8, 4) is 0 Å². The Morgan fingerprint density at radius 1 is 1.37 bits per heavy atom. The summed E-state index contributed by atoms with van der Waals surface area (Å²) in [5.74, 6) is 0.203. The molecule has 1 aliphatic carbocycles. The third kappa shape index (κ3) is 4.93. The fraction of sp³-hybridized carbons (Fsp3) is 1.00. The van der Waals surface area contributed by atoms with E-state index in [2.05, 4.69) is 19.2 Å². The van der Waals surface area contributed by atoms with Gasteiger partial charge in [-0.05, 0) is 31.2 Å². The number of rotatable bonds is 6. The smallest absolute Gasteiger partial charge is 0.395 e. The number of hydrogen-bond donors (Lipinski definition) is 2. The molecule has 1 fully saturated rings. The van der Waals surface area contributed by atoms with E-state index >= 15 is 0 Å². The van der Waals surface area contributed by atoms with Gasteiger partial charge in [-0.25, -0.2) is 0 Å². The van der Waals surface area contributed by atoms with E-state index < -0.39 is 12.7 Å². The van der Waals surface area contributed by atoms with Crippen molar-refractivity contribution in [3.63, 3.8) is 0 Å². The molecule has 2 unspecified atom stereocenters. The molecule has 0 aromatic heterocycles. The molecule has 1 saturated carbocycles. The van der Waals surface area contributed by atoms with Gasteiger partial charge in [0.1, 0.15) is 0 Å². The van der Waals surface area contributed by atoms with Crippen LogP contribution in [-0.2, 0) is 0 Å². The highest BCUT2D eigenvalue weighted by Crippen LogP contribution is 2.41. The summed E-state index contributed by atoms with van der Waals surface area (Å²) in [4.78, 5) is 1.32. The van der Waals surface area contributed by atoms with E-state index in [1.165, 1.54) is 4.90 Å². The summed E-state index contributed by atoms with van der Waals surface area (Å²) in [5.41, 5.74) is 0.114. The van der Waals surface area contributed by atoms with Gasteiger partial charge in [-0.3, -0.25) is 4.90 Å². The number of alkyl halides is 3. The quantitative estimate of drug-likeness (QED) is 0.780. The molecule has 3 nitrogen and oxygen atoms in total. The summed E-state index contributed by atoms with van der Waals surface area (Å²) in [7, 11) is 1.87. The predicted molar refractivity (Wildman–Crippen MR) is 68.9 cm³/mol. The van der Waals surface area contributed by atoms with Gasteiger partial charge in [-0.15, -0.1) is 0 Å². The fourth-order valence-corrected chi connectivity index (χ4v) is 3.30. The molecule has 0 radical (unpaired) electrons. The maximum Gasteiger partial charge on any atom is 0.401 e. The highest BCUT2D eigenvalue weighted by atomic mass is 19.4. The van der Waals surface area contributed by atoms with Gasteiger partial charge in [0.05, 0.1) is 13.2 Å². The molecule has 0 amide bonds. The second kappa shape index (κ2) is 6.41. The van der Waals surface area contributed by atoms with E-state index in [1.807, 2.05) is 7.05 Å². The molecule has 114 valence electrons. The highest BCUT2D eigenvalue weighted by Gasteiger charge is 2.42. The average molecular weight is 282 g/mol. The number of aliphatic hydroxyl groups is 1. The predicted octanol–water partition coefficient (Wildman–Crippen LogP) is 1.87. The van der Waals surface area contributed by atoms with Crippen molar-refractivity contribution in [1.29, 1.82) is 0 Å². The van der Waals surface area contributed by atoms with Crippen LogP contribution in [0.4, 0.5) is 13.2 Å². The molecule has 2 atom stereocenters. The first-order valence-corrected chi connectivity index (χ1v) is 6.77. The van der Waals surface area contributed by atoms with Gasteiger partial charge in [-0.2, -0.15) is 13.2 Å². The third-order valence-corrected chi connectivity index (χ3v) is 4.10. The second-order valence-electron chi connectivity index (χ2n) is 6.13. The molecule has 0 aromatic carbocycles. The summed E-state index contributed by atoms with van der Waals surface area (Å²) in [6.07, 6.45) is -2.26. The average Bonchev–Trinajstić information content (AvgIpc) is 2.51. The standard InChI is InChI=1S/C13H25F3N2O/c1-12(2)5-4-10(11(12)17-3)8-18(6-7-19)9-13(14,15)16/h10-11,17,19H,4-9H2,1-3H3. The van der Waals surface area contributed by atoms with Crippen molar-refractivity contribution in [2.24, 2.45) is 11.3 Å². The number of nitrogens with one attached hydrogen (secondary N) is 1. The third-order valence-electron chi connectivity index (χ3n) is 4.10. The molecule has 2 N–H and O–H groups in total. The Morgan fingerprint density at radius 3 is 2.47 bits per heavy atom. The molecule has 0 saturated heterocycles. The number of hydrogen-bond acceptors (Lipinski definition) is 3. The zero-order valence-electron chi connectivity index (χ0n) is 11.9.